The number of guanidine groups is 1. The number of fused-ring (bicyclic) bond motifs is 1. The van der Waals surface area contributed by atoms with Gasteiger partial charge in [0.15, 0.2) is 5.96 Å². The summed E-state index contributed by atoms with van der Waals surface area (Å²) >= 11 is 3.21. The van der Waals surface area contributed by atoms with Crippen molar-refractivity contribution in [2.45, 2.75) is 12.6 Å². The fourth-order valence-corrected chi connectivity index (χ4v) is 3.79. The molecule has 0 spiro atoms. The molecule has 0 aliphatic rings. The Morgan fingerprint density at radius 1 is 1.35 bits per heavy atom. The van der Waals surface area contributed by atoms with Gasteiger partial charge in [0, 0.05) is 34.7 Å². The minimum absolute atomic E-state index is 0.407. The summed E-state index contributed by atoms with van der Waals surface area (Å²) in [5.41, 5.74) is 0. The van der Waals surface area contributed by atoms with E-state index in [0.29, 0.717) is 19.0 Å². The van der Waals surface area contributed by atoms with Crippen molar-refractivity contribution in [3.63, 3.8) is 0 Å². The zero-order valence-electron chi connectivity index (χ0n) is 12.7. The molecule has 0 aliphatic carbocycles. The Morgan fingerprint density at radius 2 is 2.22 bits per heavy atom. The molecule has 0 bridgehead atoms. The molecule has 0 radical (unpaired) electrons. The number of hydrogen-bond acceptors (Lipinski definition) is 5. The highest BCUT2D eigenvalue weighted by atomic mass is 32.1. The largest absolute Gasteiger partial charge is 0.386 e. The summed E-state index contributed by atoms with van der Waals surface area (Å²) < 4.78 is 1.19. The fraction of sp³-hybridized carbons (Fsp3) is 0.250. The first kappa shape index (κ1) is 15.9. The second kappa shape index (κ2) is 7.54. The Labute approximate surface area is 142 Å². The average Bonchev–Trinajstić information content (AvgIpc) is 3.23. The lowest BCUT2D eigenvalue weighted by atomic mass is 10.2. The summed E-state index contributed by atoms with van der Waals surface area (Å²) in [4.78, 5) is 9.33. The van der Waals surface area contributed by atoms with Gasteiger partial charge < -0.3 is 15.7 Å². The van der Waals surface area contributed by atoms with Crippen LogP contribution in [0.5, 0.6) is 0 Å². The van der Waals surface area contributed by atoms with Crippen LogP contribution in [0.25, 0.3) is 10.1 Å². The number of aliphatic hydroxyl groups is 1. The van der Waals surface area contributed by atoms with Gasteiger partial charge in [-0.2, -0.15) is 0 Å². The SMILES string of the molecule is CN=C(NCc1nccs1)NCC(O)c1cc2ccccc2s1. The highest BCUT2D eigenvalue weighted by molar-refractivity contribution is 7.19. The predicted octanol–water partition coefficient (Wildman–Crippen LogP) is 2.76. The monoisotopic (exact) mass is 346 g/mol. The number of aromatic nitrogens is 1. The Morgan fingerprint density at radius 3 is 2.96 bits per heavy atom. The number of hydrogen-bond donors (Lipinski definition) is 3. The van der Waals surface area contributed by atoms with Crippen LogP contribution in [0, 0.1) is 0 Å². The number of benzene rings is 1. The van der Waals surface area contributed by atoms with Crippen molar-refractivity contribution in [1.82, 2.24) is 15.6 Å². The highest BCUT2D eigenvalue weighted by Gasteiger charge is 2.12. The second-order valence-electron chi connectivity index (χ2n) is 4.93. The molecule has 23 heavy (non-hydrogen) atoms. The number of nitrogens with one attached hydrogen (secondary N) is 2. The molecule has 3 rings (SSSR count). The zero-order chi connectivity index (χ0) is 16.1. The van der Waals surface area contributed by atoms with Crippen molar-refractivity contribution < 1.29 is 5.11 Å². The minimum Gasteiger partial charge on any atom is -0.386 e. The smallest absolute Gasteiger partial charge is 0.191 e. The van der Waals surface area contributed by atoms with E-state index in [-0.39, 0.29) is 0 Å². The van der Waals surface area contributed by atoms with Gasteiger partial charge in [-0.3, -0.25) is 4.99 Å². The van der Waals surface area contributed by atoms with Crippen LogP contribution in [0.2, 0.25) is 0 Å². The molecule has 5 nitrogen and oxygen atoms in total. The van der Waals surface area contributed by atoms with Gasteiger partial charge in [-0.05, 0) is 17.5 Å². The maximum atomic E-state index is 10.4. The van der Waals surface area contributed by atoms with Crippen LogP contribution >= 0.6 is 22.7 Å². The highest BCUT2D eigenvalue weighted by Crippen LogP contribution is 2.29. The first-order chi connectivity index (χ1) is 11.3. The van der Waals surface area contributed by atoms with E-state index in [1.807, 2.05) is 23.6 Å². The van der Waals surface area contributed by atoms with E-state index in [1.54, 1.807) is 35.9 Å². The molecule has 0 saturated heterocycles. The first-order valence-electron chi connectivity index (χ1n) is 7.25. The maximum absolute atomic E-state index is 10.4. The van der Waals surface area contributed by atoms with Gasteiger partial charge in [-0.15, -0.1) is 22.7 Å². The van der Waals surface area contributed by atoms with Gasteiger partial charge >= 0.3 is 0 Å². The van der Waals surface area contributed by atoms with Crippen LogP contribution in [0.3, 0.4) is 0 Å². The quantitative estimate of drug-likeness (QED) is 0.491. The number of nitrogens with zero attached hydrogens (tertiary/aromatic N) is 2. The standard InChI is InChI=1S/C16H18N4OS2/c1-17-16(20-10-15-18-6-7-22-15)19-9-12(21)14-8-11-4-2-3-5-13(11)23-14/h2-8,12,21H,9-10H2,1H3,(H2,17,19,20). The van der Waals surface area contributed by atoms with Crippen LogP contribution < -0.4 is 10.6 Å². The number of aliphatic hydroxyl groups excluding tert-OH is 1. The summed E-state index contributed by atoms with van der Waals surface area (Å²) in [7, 11) is 1.71. The molecule has 0 saturated carbocycles. The normalized spacial score (nSPS) is 13.2. The van der Waals surface area contributed by atoms with Crippen molar-refractivity contribution in [1.29, 1.82) is 0 Å². The van der Waals surface area contributed by atoms with Crippen molar-refractivity contribution in [2.24, 2.45) is 4.99 Å². The molecule has 2 aromatic heterocycles. The molecular weight excluding hydrogens is 328 g/mol. The van der Waals surface area contributed by atoms with Crippen LogP contribution in [0.1, 0.15) is 16.0 Å². The molecule has 1 aromatic carbocycles. The Hall–Kier alpha value is -1.96. The summed E-state index contributed by atoms with van der Waals surface area (Å²) in [6, 6.07) is 10.2. The molecule has 2 heterocycles. The number of thiazole rings is 1. The molecule has 7 heteroatoms. The maximum Gasteiger partial charge on any atom is 0.191 e. The lowest BCUT2D eigenvalue weighted by Crippen LogP contribution is -2.38. The molecule has 0 fully saturated rings. The van der Waals surface area contributed by atoms with E-state index in [9.17, 15) is 5.11 Å². The van der Waals surface area contributed by atoms with Crippen molar-refractivity contribution in [3.05, 3.63) is 51.8 Å². The first-order valence-corrected chi connectivity index (χ1v) is 8.95. The number of aliphatic imine (C=N–C) groups is 1. The van der Waals surface area contributed by atoms with Crippen LogP contribution in [-0.2, 0) is 6.54 Å². The van der Waals surface area contributed by atoms with E-state index >= 15 is 0 Å². The third-order valence-electron chi connectivity index (χ3n) is 3.35. The van der Waals surface area contributed by atoms with Gasteiger partial charge in [0.2, 0.25) is 0 Å². The van der Waals surface area contributed by atoms with E-state index in [0.717, 1.165) is 15.3 Å². The van der Waals surface area contributed by atoms with E-state index in [4.69, 9.17) is 0 Å². The molecule has 120 valence electrons. The van der Waals surface area contributed by atoms with E-state index in [1.165, 1.54) is 4.70 Å². The van der Waals surface area contributed by atoms with Gasteiger partial charge in [-0.25, -0.2) is 4.98 Å². The number of thiophene rings is 1. The van der Waals surface area contributed by atoms with Gasteiger partial charge in [0.1, 0.15) is 11.1 Å². The van der Waals surface area contributed by atoms with Crippen molar-refractivity contribution >= 4 is 38.7 Å². The van der Waals surface area contributed by atoms with Crippen LogP contribution in [-0.4, -0.2) is 29.6 Å². The summed E-state index contributed by atoms with van der Waals surface area (Å²) in [5, 5.41) is 20.8. The third-order valence-corrected chi connectivity index (χ3v) is 5.35. The molecule has 1 unspecified atom stereocenters. The van der Waals surface area contributed by atoms with Crippen LogP contribution in [0.4, 0.5) is 0 Å². The van der Waals surface area contributed by atoms with Gasteiger partial charge in [0.25, 0.3) is 0 Å². The molecule has 1 atom stereocenters. The predicted molar refractivity (Wildman–Crippen MR) is 97.1 cm³/mol. The molecule has 0 aliphatic heterocycles. The molecule has 3 aromatic rings. The summed E-state index contributed by atoms with van der Waals surface area (Å²) in [5.74, 6) is 0.653. The summed E-state index contributed by atoms with van der Waals surface area (Å²) in [6.07, 6.45) is 1.22. The van der Waals surface area contributed by atoms with Crippen molar-refractivity contribution in [3.8, 4) is 0 Å². The molecule has 0 amide bonds. The third kappa shape index (κ3) is 4.07. The lowest BCUT2D eigenvalue weighted by molar-refractivity contribution is 0.184. The zero-order valence-corrected chi connectivity index (χ0v) is 14.3. The Balaban J connectivity index is 1.55. The van der Waals surface area contributed by atoms with Gasteiger partial charge in [-0.1, -0.05) is 18.2 Å². The van der Waals surface area contributed by atoms with E-state index in [2.05, 4.69) is 32.7 Å². The lowest BCUT2D eigenvalue weighted by Gasteiger charge is -2.14. The molecular formula is C16H18N4OS2. The van der Waals surface area contributed by atoms with Crippen LogP contribution in [0.15, 0.2) is 46.9 Å². The molecule has 3 N–H and O–H groups in total. The number of rotatable bonds is 5. The fourth-order valence-electron chi connectivity index (χ4n) is 2.18. The minimum atomic E-state index is -0.564. The summed E-state index contributed by atoms with van der Waals surface area (Å²) in [6.45, 7) is 1.03. The Bertz CT molecular complexity index is 749. The topological polar surface area (TPSA) is 69.5 Å². The average molecular weight is 346 g/mol. The van der Waals surface area contributed by atoms with E-state index < -0.39 is 6.10 Å². The van der Waals surface area contributed by atoms with Crippen molar-refractivity contribution in [2.75, 3.05) is 13.6 Å². The second-order valence-corrected chi connectivity index (χ2v) is 7.03. The van der Waals surface area contributed by atoms with Gasteiger partial charge in [0.05, 0.1) is 6.54 Å². The Kier molecular flexibility index (Phi) is 5.22.